The molecule has 20 nitrogen and oxygen atoms in total. The number of hydrogen-bond donors (Lipinski definition) is 0. The molecule has 0 unspecified atom stereocenters. The molecule has 4 aromatic rings. The molecule has 2 heterocycles. The first-order valence-electron chi connectivity index (χ1n) is 9.89. The molecule has 43 heavy (non-hydrogen) atoms. The van der Waals surface area contributed by atoms with Crippen LogP contribution in [0.3, 0.4) is 0 Å². The molecule has 248 valence electrons. The van der Waals surface area contributed by atoms with E-state index in [1.54, 1.807) is 48.5 Å². The van der Waals surface area contributed by atoms with Crippen molar-refractivity contribution in [2.75, 3.05) is 0 Å². The minimum Gasteiger partial charge on any atom is -0.546 e. The maximum atomic E-state index is 10.6. The molecule has 0 aliphatic heterocycles. The van der Waals surface area contributed by atoms with Crippen LogP contribution in [-0.2, 0) is 94.7 Å². The molecule has 2 aromatic heterocycles. The third-order valence-corrected chi connectivity index (χ3v) is 4.76. The Kier molecular flexibility index (Phi) is 30.5. The molecule has 0 aliphatic rings. The van der Waals surface area contributed by atoms with Crippen molar-refractivity contribution in [3.8, 4) is 0 Å². The Labute approximate surface area is 251 Å². The molecule has 0 amide bonds. The number of imidazole rings is 2. The number of carboxylic acids is 4. The molecule has 0 radical (unpaired) electrons. The SMILES string of the molecule is O.O.O=C([O-])Cn1c[n+](CC(=O)[O-])c2ccccc21.O=C([O-])Cn1c[n+](CC(=O)[O-])c2ccccc21.[Ni+2].[OH3+].[OH3+].[OH3+].[OH3+].[OH3+].[OH3+]. The van der Waals surface area contributed by atoms with Gasteiger partial charge >= 0.3 is 16.5 Å². The average Bonchev–Trinajstić information content (AvgIpc) is 3.26. The van der Waals surface area contributed by atoms with Gasteiger partial charge in [0.2, 0.25) is 12.7 Å². The molecule has 22 N–H and O–H groups in total. The molecule has 21 heteroatoms. The van der Waals surface area contributed by atoms with Crippen LogP contribution < -0.4 is 29.6 Å². The van der Waals surface area contributed by atoms with Gasteiger partial charge in [-0.1, -0.05) is 24.3 Å². The Bertz CT molecular complexity index is 1200. The van der Waals surface area contributed by atoms with E-state index < -0.39 is 23.9 Å². The fourth-order valence-electron chi connectivity index (χ4n) is 3.55. The summed E-state index contributed by atoms with van der Waals surface area (Å²) in [7, 11) is 0. The normalized spacial score (nSPS) is 8.37. The summed E-state index contributed by atoms with van der Waals surface area (Å²) in [6.07, 6.45) is 2.85. The van der Waals surface area contributed by atoms with Gasteiger partial charge in [0, 0.05) is 0 Å². The maximum absolute atomic E-state index is 10.6. The van der Waals surface area contributed by atoms with Gasteiger partial charge in [0.1, 0.15) is 26.2 Å². The van der Waals surface area contributed by atoms with Crippen LogP contribution in [-0.4, -0.2) is 44.0 Å². The standard InChI is InChI=1S/2C11H10N2O4.Ni.8H2O/c2*14-10(15)5-12-7-13(6-11(16)17)9-4-2-1-3-8(9)12;;;;;;;;;/h2*1-4,7H,5-6H2,(H-,14,15,16,17);;8*1H2/q;;+2;;;;;;;;/p+4. The summed E-state index contributed by atoms with van der Waals surface area (Å²) in [5.41, 5.74) is 2.55. The molecule has 0 atom stereocenters. The molecule has 0 aliphatic carbocycles. The van der Waals surface area contributed by atoms with E-state index >= 15 is 0 Å². The van der Waals surface area contributed by atoms with Crippen LogP contribution in [0, 0.1) is 0 Å². The second-order valence-electron chi connectivity index (χ2n) is 7.21. The van der Waals surface area contributed by atoms with Gasteiger partial charge in [-0.15, -0.1) is 0 Å². The third-order valence-electron chi connectivity index (χ3n) is 4.76. The van der Waals surface area contributed by atoms with Crippen molar-refractivity contribution < 1.29 is 109 Å². The van der Waals surface area contributed by atoms with Gasteiger partial charge in [0.15, 0.2) is 22.1 Å². The number of benzene rings is 2. The fourth-order valence-corrected chi connectivity index (χ4v) is 3.55. The van der Waals surface area contributed by atoms with Crippen molar-refractivity contribution >= 4 is 45.9 Å². The van der Waals surface area contributed by atoms with Crippen molar-refractivity contribution in [3.63, 3.8) is 0 Å². The van der Waals surface area contributed by atoms with E-state index in [4.69, 9.17) is 0 Å². The first-order valence-corrected chi connectivity index (χ1v) is 9.89. The van der Waals surface area contributed by atoms with Crippen molar-refractivity contribution in [2.45, 2.75) is 26.2 Å². The van der Waals surface area contributed by atoms with Gasteiger partial charge in [0.05, 0.1) is 23.9 Å². The van der Waals surface area contributed by atoms with Gasteiger partial charge in [-0.2, -0.15) is 0 Å². The minimum atomic E-state index is -1.23. The van der Waals surface area contributed by atoms with Gasteiger partial charge in [0.25, 0.3) is 0 Å². The number of fused-ring (bicyclic) bond motifs is 2. The summed E-state index contributed by atoms with van der Waals surface area (Å²) in [6, 6.07) is 13.8. The van der Waals surface area contributed by atoms with Gasteiger partial charge in [-0.25, -0.2) is 18.3 Å². The quantitative estimate of drug-likeness (QED) is 0.0977. The number of rotatable bonds is 8. The molecule has 0 saturated heterocycles. The molecule has 0 spiro atoms. The van der Waals surface area contributed by atoms with E-state index in [9.17, 15) is 39.6 Å². The molecular weight excluding hydrogens is 635 g/mol. The van der Waals surface area contributed by atoms with E-state index in [0.29, 0.717) is 22.1 Å². The van der Waals surface area contributed by atoms with E-state index in [1.165, 1.54) is 30.9 Å². The van der Waals surface area contributed by atoms with E-state index in [1.807, 2.05) is 0 Å². The van der Waals surface area contributed by atoms with Gasteiger partial charge in [-0.3, -0.25) is 0 Å². The van der Waals surface area contributed by atoms with Crippen molar-refractivity contribution in [1.82, 2.24) is 9.13 Å². The summed E-state index contributed by atoms with van der Waals surface area (Å²) >= 11 is 0. The van der Waals surface area contributed by atoms with Crippen LogP contribution in [0.2, 0.25) is 0 Å². The molecule has 2 aromatic carbocycles. The minimum absolute atomic E-state index is 0. The van der Waals surface area contributed by atoms with Crippen molar-refractivity contribution in [1.29, 1.82) is 0 Å². The van der Waals surface area contributed by atoms with E-state index in [2.05, 4.69) is 0 Å². The Morgan fingerprint density at radius 1 is 0.535 bits per heavy atom. The molecule has 0 saturated carbocycles. The Balaban J connectivity index is -0.0000000997. The topological polar surface area (TPSA) is 439 Å². The summed E-state index contributed by atoms with van der Waals surface area (Å²) in [5, 5.41) is 42.3. The number of carbonyl (C=O) groups excluding carboxylic acids is 4. The summed E-state index contributed by atoms with van der Waals surface area (Å²) in [5.74, 6) is -4.92. The first kappa shape index (κ1) is 54.5. The number of aromatic nitrogens is 4. The largest absolute Gasteiger partial charge is 2.00 e. The Morgan fingerprint density at radius 2 is 0.814 bits per heavy atom. The van der Waals surface area contributed by atoms with Crippen LogP contribution in [0.1, 0.15) is 0 Å². The van der Waals surface area contributed by atoms with Crippen LogP contribution in [0.4, 0.5) is 0 Å². The van der Waals surface area contributed by atoms with Crippen molar-refractivity contribution in [2.24, 2.45) is 0 Å². The van der Waals surface area contributed by atoms with E-state index in [-0.39, 0.29) is 86.5 Å². The summed E-state index contributed by atoms with van der Waals surface area (Å²) in [6.45, 7) is -1.28. The number of carboxylic acid groups (broad SMARTS) is 4. The summed E-state index contributed by atoms with van der Waals surface area (Å²) < 4.78 is 5.70. The predicted octanol–water partition coefficient (Wildman–Crippen LogP) is -12.3. The monoisotopic (exact) mass is 674 g/mol. The second-order valence-corrected chi connectivity index (χ2v) is 7.21. The average molecular weight is 675 g/mol. The van der Waals surface area contributed by atoms with Gasteiger partial charge < -0.3 is 83.4 Å². The van der Waals surface area contributed by atoms with Crippen LogP contribution in [0.25, 0.3) is 22.1 Å². The number of para-hydroxylation sites is 4. The van der Waals surface area contributed by atoms with Crippen LogP contribution in [0.5, 0.6) is 0 Å². The zero-order valence-electron chi connectivity index (χ0n) is 22.4. The zero-order chi connectivity index (χ0) is 24.8. The third kappa shape index (κ3) is 14.2. The van der Waals surface area contributed by atoms with E-state index in [0.717, 1.165) is 0 Å². The molecule has 0 fully saturated rings. The second kappa shape index (κ2) is 24.1. The maximum Gasteiger partial charge on any atom is 2.00 e. The number of nitrogens with zero attached hydrogens (tertiary/aromatic N) is 4. The predicted molar refractivity (Wildman–Crippen MR) is 141 cm³/mol. The van der Waals surface area contributed by atoms with Crippen LogP contribution in [0.15, 0.2) is 61.2 Å². The molecular formula is C22H40N4NiO16+6. The smallest absolute Gasteiger partial charge is 0.546 e. The number of hydrogen-bond acceptors (Lipinski definition) is 8. The van der Waals surface area contributed by atoms with Crippen molar-refractivity contribution in [3.05, 3.63) is 61.2 Å². The van der Waals surface area contributed by atoms with Crippen LogP contribution >= 0.6 is 0 Å². The zero-order valence-corrected chi connectivity index (χ0v) is 23.4. The molecule has 0 bridgehead atoms. The fraction of sp³-hybridized carbons (Fsp3) is 0.182. The first-order chi connectivity index (χ1) is 16.2. The Hall–Kier alpha value is -4.57. The Morgan fingerprint density at radius 3 is 1.07 bits per heavy atom. The number of carbonyl (C=O) groups is 4. The number of aliphatic carboxylic acids is 4. The van der Waals surface area contributed by atoms with Gasteiger partial charge in [-0.05, 0) is 24.3 Å². The molecule has 4 rings (SSSR count). The summed E-state index contributed by atoms with van der Waals surface area (Å²) in [4.78, 5) is 42.3.